The molecule has 0 saturated heterocycles. The van der Waals surface area contributed by atoms with Crippen molar-refractivity contribution < 1.29 is 9.53 Å². The number of carbonyl (C=O) groups is 1. The molecule has 0 radical (unpaired) electrons. The number of nitrogens with zero attached hydrogens (tertiary/aromatic N) is 2. The van der Waals surface area contributed by atoms with E-state index in [1.165, 1.54) is 12.8 Å². The van der Waals surface area contributed by atoms with Crippen LogP contribution < -0.4 is 10.2 Å². The minimum absolute atomic E-state index is 0.317. The largest absolute Gasteiger partial charge is 0.497 e. The van der Waals surface area contributed by atoms with Gasteiger partial charge in [0.25, 0.3) is 5.91 Å². The van der Waals surface area contributed by atoms with Crippen LogP contribution in [0, 0.1) is 0 Å². The molecule has 6 heteroatoms. The molecule has 1 heterocycles. The van der Waals surface area contributed by atoms with E-state index in [9.17, 15) is 4.79 Å². The van der Waals surface area contributed by atoms with Gasteiger partial charge >= 0.3 is 0 Å². The number of hydrogen-bond acceptors (Lipinski definition) is 4. The number of ether oxygens (including phenoxy) is 1. The highest BCUT2D eigenvalue weighted by atomic mass is 16.5. The fraction of sp³-hybridized carbons (Fsp3) is 0.267. The fourth-order valence-corrected chi connectivity index (χ4v) is 1.97. The summed E-state index contributed by atoms with van der Waals surface area (Å²) in [6.07, 6.45) is 3.91. The maximum Gasteiger partial charge on any atom is 0.291 e. The second-order valence-electron chi connectivity index (χ2n) is 4.96. The molecule has 3 rings (SSSR count). The van der Waals surface area contributed by atoms with Gasteiger partial charge in [0, 0.05) is 11.6 Å². The van der Waals surface area contributed by atoms with E-state index in [0.717, 1.165) is 17.0 Å². The van der Waals surface area contributed by atoms with Gasteiger partial charge in [-0.3, -0.25) is 9.89 Å². The first-order chi connectivity index (χ1) is 10.3. The number of hydrogen-bond donors (Lipinski definition) is 2. The van der Waals surface area contributed by atoms with Crippen LogP contribution in [-0.4, -0.2) is 29.4 Å². The van der Waals surface area contributed by atoms with Crippen molar-refractivity contribution in [2.24, 2.45) is 5.10 Å². The molecule has 1 aromatic heterocycles. The molecule has 0 atom stereocenters. The van der Waals surface area contributed by atoms with Crippen molar-refractivity contribution >= 4 is 12.1 Å². The molecule has 2 aromatic rings. The summed E-state index contributed by atoms with van der Waals surface area (Å²) < 4.78 is 5.07. The van der Waals surface area contributed by atoms with Crippen molar-refractivity contribution in [2.75, 3.05) is 7.11 Å². The Bertz CT molecular complexity index is 657. The molecular weight excluding hydrogens is 268 g/mol. The summed E-state index contributed by atoms with van der Waals surface area (Å²) in [6.45, 7) is 0. The van der Waals surface area contributed by atoms with Crippen LogP contribution in [0.5, 0.6) is 5.75 Å². The molecule has 0 unspecified atom stereocenters. The van der Waals surface area contributed by atoms with E-state index in [1.807, 2.05) is 24.3 Å². The van der Waals surface area contributed by atoms with Crippen LogP contribution in [0.1, 0.15) is 40.5 Å². The first-order valence-corrected chi connectivity index (χ1v) is 6.79. The minimum Gasteiger partial charge on any atom is -0.497 e. The van der Waals surface area contributed by atoms with Gasteiger partial charge in [-0.2, -0.15) is 10.2 Å². The van der Waals surface area contributed by atoms with E-state index in [1.54, 1.807) is 19.4 Å². The Morgan fingerprint density at radius 1 is 1.43 bits per heavy atom. The molecule has 1 fully saturated rings. The number of carbonyl (C=O) groups excluding carboxylic acids is 1. The Labute approximate surface area is 122 Å². The summed E-state index contributed by atoms with van der Waals surface area (Å²) in [4.78, 5) is 11.9. The van der Waals surface area contributed by atoms with Gasteiger partial charge in [-0.25, -0.2) is 5.43 Å². The average molecular weight is 284 g/mol. The number of amides is 1. The second-order valence-corrected chi connectivity index (χ2v) is 4.96. The molecule has 108 valence electrons. The van der Waals surface area contributed by atoms with E-state index < -0.39 is 0 Å². The van der Waals surface area contributed by atoms with Crippen LogP contribution in [0.4, 0.5) is 0 Å². The van der Waals surface area contributed by atoms with Gasteiger partial charge < -0.3 is 4.74 Å². The molecule has 0 bridgehead atoms. The highest BCUT2D eigenvalue weighted by molar-refractivity contribution is 5.93. The Kier molecular flexibility index (Phi) is 3.68. The van der Waals surface area contributed by atoms with E-state index in [-0.39, 0.29) is 5.91 Å². The molecular formula is C15H16N4O2. The van der Waals surface area contributed by atoms with Crippen LogP contribution in [0.2, 0.25) is 0 Å². The number of benzene rings is 1. The van der Waals surface area contributed by atoms with Crippen molar-refractivity contribution in [3.8, 4) is 5.75 Å². The number of methoxy groups -OCH3 is 1. The van der Waals surface area contributed by atoms with E-state index >= 15 is 0 Å². The zero-order valence-corrected chi connectivity index (χ0v) is 11.7. The number of aromatic amines is 1. The average Bonchev–Trinajstić information content (AvgIpc) is 3.25. The first-order valence-electron chi connectivity index (χ1n) is 6.79. The summed E-state index contributed by atoms with van der Waals surface area (Å²) in [7, 11) is 1.61. The third-order valence-corrected chi connectivity index (χ3v) is 3.34. The van der Waals surface area contributed by atoms with Crippen LogP contribution in [0.25, 0.3) is 0 Å². The second kappa shape index (κ2) is 5.78. The van der Waals surface area contributed by atoms with Crippen molar-refractivity contribution in [1.29, 1.82) is 0 Å². The summed E-state index contributed by atoms with van der Waals surface area (Å²) in [5.74, 6) is 1.00. The Hall–Kier alpha value is -2.63. The standard InChI is InChI=1S/C15H16N4O2/c1-21-12-6-2-10(3-7-12)9-16-19-15(20)14-8-13(17-18-14)11-4-5-11/h2-3,6-9,11H,4-5H2,1H3,(H,17,18)(H,19,20)/b16-9-. The summed E-state index contributed by atoms with van der Waals surface area (Å²) in [6, 6.07) is 9.16. The van der Waals surface area contributed by atoms with Crippen molar-refractivity contribution in [3.05, 3.63) is 47.3 Å². The zero-order chi connectivity index (χ0) is 14.7. The summed E-state index contributed by atoms with van der Waals surface area (Å²) in [5.41, 5.74) is 4.73. The van der Waals surface area contributed by atoms with Gasteiger partial charge in [-0.1, -0.05) is 0 Å². The van der Waals surface area contributed by atoms with Crippen LogP contribution in [-0.2, 0) is 0 Å². The lowest BCUT2D eigenvalue weighted by Crippen LogP contribution is -2.18. The third-order valence-electron chi connectivity index (χ3n) is 3.34. The Balaban J connectivity index is 1.57. The van der Waals surface area contributed by atoms with Gasteiger partial charge in [-0.15, -0.1) is 0 Å². The van der Waals surface area contributed by atoms with Gasteiger partial charge in [0.15, 0.2) is 5.69 Å². The Morgan fingerprint density at radius 2 is 2.19 bits per heavy atom. The lowest BCUT2D eigenvalue weighted by Gasteiger charge is -1.99. The molecule has 1 aromatic carbocycles. The van der Waals surface area contributed by atoms with Crippen molar-refractivity contribution in [1.82, 2.24) is 15.6 Å². The smallest absolute Gasteiger partial charge is 0.291 e. The normalized spacial score (nSPS) is 14.3. The SMILES string of the molecule is COc1ccc(/C=N\NC(=O)c2cc(C3CC3)[nH]n2)cc1. The van der Waals surface area contributed by atoms with Crippen LogP contribution in [0.3, 0.4) is 0 Å². The number of aromatic nitrogens is 2. The van der Waals surface area contributed by atoms with Gasteiger partial charge in [-0.05, 0) is 48.7 Å². The molecule has 0 spiro atoms. The molecule has 1 aliphatic rings. The molecule has 21 heavy (non-hydrogen) atoms. The molecule has 1 amide bonds. The van der Waals surface area contributed by atoms with E-state index in [4.69, 9.17) is 4.74 Å². The highest BCUT2D eigenvalue weighted by Gasteiger charge is 2.26. The number of rotatable bonds is 5. The maximum absolute atomic E-state index is 11.9. The van der Waals surface area contributed by atoms with Crippen molar-refractivity contribution in [2.45, 2.75) is 18.8 Å². The summed E-state index contributed by atoms with van der Waals surface area (Å²) in [5, 5.41) is 10.8. The number of hydrazone groups is 1. The predicted octanol–water partition coefficient (Wildman–Crippen LogP) is 2.06. The summed E-state index contributed by atoms with van der Waals surface area (Å²) >= 11 is 0. The molecule has 0 aliphatic heterocycles. The monoisotopic (exact) mass is 284 g/mol. The van der Waals surface area contributed by atoms with E-state index in [2.05, 4.69) is 20.7 Å². The van der Waals surface area contributed by atoms with Gasteiger partial charge in [0.1, 0.15) is 5.75 Å². The molecule has 2 N–H and O–H groups in total. The van der Waals surface area contributed by atoms with Crippen molar-refractivity contribution in [3.63, 3.8) is 0 Å². The quantitative estimate of drug-likeness (QED) is 0.651. The van der Waals surface area contributed by atoms with E-state index in [0.29, 0.717) is 11.6 Å². The first kappa shape index (κ1) is 13.4. The number of nitrogens with one attached hydrogen (secondary N) is 2. The van der Waals surface area contributed by atoms with Crippen LogP contribution in [0.15, 0.2) is 35.4 Å². The molecule has 1 saturated carbocycles. The number of H-pyrrole nitrogens is 1. The molecule has 6 nitrogen and oxygen atoms in total. The minimum atomic E-state index is -0.317. The van der Waals surface area contributed by atoms with Gasteiger partial charge in [0.05, 0.1) is 13.3 Å². The lowest BCUT2D eigenvalue weighted by atomic mass is 10.2. The highest BCUT2D eigenvalue weighted by Crippen LogP contribution is 2.38. The van der Waals surface area contributed by atoms with Gasteiger partial charge in [0.2, 0.25) is 0 Å². The predicted molar refractivity (Wildman–Crippen MR) is 78.6 cm³/mol. The molecule has 1 aliphatic carbocycles. The lowest BCUT2D eigenvalue weighted by molar-refractivity contribution is 0.0950. The third kappa shape index (κ3) is 3.28. The fourth-order valence-electron chi connectivity index (χ4n) is 1.97. The zero-order valence-electron chi connectivity index (χ0n) is 11.7. The topological polar surface area (TPSA) is 79.4 Å². The maximum atomic E-state index is 11.9. The Morgan fingerprint density at radius 3 is 2.86 bits per heavy atom. The van der Waals surface area contributed by atoms with Crippen LogP contribution >= 0.6 is 0 Å².